The molecule has 0 atom stereocenters. The van der Waals surface area contributed by atoms with Crippen LogP contribution in [0.3, 0.4) is 0 Å². The van der Waals surface area contributed by atoms with E-state index < -0.39 is 15.9 Å². The highest BCUT2D eigenvalue weighted by Crippen LogP contribution is 2.30. The van der Waals surface area contributed by atoms with Crippen molar-refractivity contribution < 1.29 is 17.7 Å². The molecule has 10 heteroatoms. The maximum absolute atomic E-state index is 13.3. The van der Waals surface area contributed by atoms with Gasteiger partial charge >= 0.3 is 0 Å². The third-order valence-corrected chi connectivity index (χ3v) is 7.44. The topological polar surface area (TPSA) is 92.5 Å². The van der Waals surface area contributed by atoms with Crippen molar-refractivity contribution in [3.05, 3.63) is 40.1 Å². The minimum Gasteiger partial charge on any atom is -0.360 e. The van der Waals surface area contributed by atoms with Crippen LogP contribution in [0.2, 0.25) is 10.0 Å². The van der Waals surface area contributed by atoms with E-state index in [1.165, 1.54) is 22.5 Å². The molecule has 1 saturated carbocycles. The normalized spacial score (nSPS) is 15.6. The zero-order valence-corrected chi connectivity index (χ0v) is 18.4. The molecule has 1 amide bonds. The van der Waals surface area contributed by atoms with Gasteiger partial charge in [0.05, 0.1) is 11.6 Å². The van der Waals surface area contributed by atoms with Crippen LogP contribution in [0.5, 0.6) is 0 Å². The number of halogens is 2. The average molecular weight is 460 g/mol. The van der Waals surface area contributed by atoms with Crippen molar-refractivity contribution in [2.45, 2.75) is 43.9 Å². The van der Waals surface area contributed by atoms with Gasteiger partial charge in [0.25, 0.3) is 0 Å². The molecule has 3 rings (SSSR count). The Morgan fingerprint density at radius 1 is 1.24 bits per heavy atom. The molecule has 29 heavy (non-hydrogen) atoms. The molecule has 0 aliphatic heterocycles. The number of carbonyl (C=O) groups is 1. The van der Waals surface area contributed by atoms with E-state index >= 15 is 0 Å². The quantitative estimate of drug-likeness (QED) is 0.657. The highest BCUT2D eigenvalue weighted by Gasteiger charge is 2.31. The summed E-state index contributed by atoms with van der Waals surface area (Å²) < 4.78 is 32.8. The number of nitrogens with one attached hydrogen (secondary N) is 1. The second-order valence-electron chi connectivity index (χ2n) is 7.25. The molecule has 1 aliphatic rings. The van der Waals surface area contributed by atoms with Gasteiger partial charge in [-0.05, 0) is 43.9 Å². The van der Waals surface area contributed by atoms with E-state index in [-0.39, 0.29) is 39.8 Å². The molecule has 7 nitrogen and oxygen atoms in total. The molecule has 1 N–H and O–H groups in total. The van der Waals surface area contributed by atoms with Crippen molar-refractivity contribution in [1.82, 2.24) is 9.46 Å². The Balaban J connectivity index is 1.84. The first-order valence-electron chi connectivity index (χ1n) is 9.44. The third-order valence-electron chi connectivity index (χ3n) is 4.91. The summed E-state index contributed by atoms with van der Waals surface area (Å²) >= 11 is 12.1. The van der Waals surface area contributed by atoms with Gasteiger partial charge in [0, 0.05) is 17.6 Å². The summed E-state index contributed by atoms with van der Waals surface area (Å²) in [5, 5.41) is 6.61. The zero-order chi connectivity index (χ0) is 21.0. The third kappa shape index (κ3) is 5.72. The minimum absolute atomic E-state index is 0.0654. The number of hydrogen-bond acceptors (Lipinski definition) is 5. The van der Waals surface area contributed by atoms with Crippen LogP contribution < -0.4 is 5.32 Å². The number of hydrogen-bond donors (Lipinski definition) is 1. The fraction of sp³-hybridized carbons (Fsp3) is 0.474. The Morgan fingerprint density at radius 2 is 1.97 bits per heavy atom. The van der Waals surface area contributed by atoms with E-state index in [0.717, 1.165) is 32.1 Å². The molecule has 2 aromatic rings. The van der Waals surface area contributed by atoms with Gasteiger partial charge in [0.1, 0.15) is 10.7 Å². The van der Waals surface area contributed by atoms with Gasteiger partial charge in [-0.2, -0.15) is 4.31 Å². The Kier molecular flexibility index (Phi) is 7.21. The first-order chi connectivity index (χ1) is 13.8. The Labute approximate surface area is 180 Å². The first-order valence-corrected chi connectivity index (χ1v) is 11.6. The Bertz CT molecular complexity index is 972. The molecule has 1 aliphatic carbocycles. The molecule has 0 radical (unpaired) electrons. The molecule has 0 saturated heterocycles. The fourth-order valence-electron chi connectivity index (χ4n) is 3.49. The molecule has 1 fully saturated rings. The van der Waals surface area contributed by atoms with Crippen molar-refractivity contribution >= 4 is 45.0 Å². The number of benzene rings is 1. The lowest BCUT2D eigenvalue weighted by atomic mass is 9.89. The van der Waals surface area contributed by atoms with E-state index in [1.807, 2.05) is 0 Å². The predicted molar refractivity (Wildman–Crippen MR) is 112 cm³/mol. The van der Waals surface area contributed by atoms with Gasteiger partial charge in [-0.3, -0.25) is 4.79 Å². The molecule has 1 aromatic carbocycles. The van der Waals surface area contributed by atoms with E-state index in [9.17, 15) is 13.2 Å². The molecule has 0 unspecified atom stereocenters. The minimum atomic E-state index is -4.02. The summed E-state index contributed by atoms with van der Waals surface area (Å²) in [7, 11) is -4.02. The van der Waals surface area contributed by atoms with Crippen molar-refractivity contribution in [2.75, 3.05) is 18.4 Å². The number of carbonyl (C=O) groups excluding carboxylic acids is 1. The standard InChI is InChI=1S/C19H23Cl2N3O4S/c1-13-9-18(23-28-13)22-19(25)12-24(11-14-5-3-2-4-6-14)29(26,27)17-10-15(20)7-8-16(17)21/h7-10,14H,2-6,11-12H2,1H3,(H,22,23,25). The summed E-state index contributed by atoms with van der Waals surface area (Å²) in [6.45, 7) is 1.59. The van der Waals surface area contributed by atoms with Gasteiger partial charge in [0.15, 0.2) is 5.82 Å². The Morgan fingerprint density at radius 3 is 2.62 bits per heavy atom. The Hall–Kier alpha value is -1.61. The maximum atomic E-state index is 13.3. The SMILES string of the molecule is Cc1cc(NC(=O)CN(CC2CCCCC2)S(=O)(=O)c2cc(Cl)ccc2Cl)no1. The fourth-order valence-corrected chi connectivity index (χ4v) is 5.70. The summed E-state index contributed by atoms with van der Waals surface area (Å²) in [6.07, 6.45) is 5.12. The van der Waals surface area contributed by atoms with Crippen LogP contribution in [-0.2, 0) is 14.8 Å². The lowest BCUT2D eigenvalue weighted by molar-refractivity contribution is -0.116. The lowest BCUT2D eigenvalue weighted by Gasteiger charge is -2.29. The number of nitrogens with zero attached hydrogens (tertiary/aromatic N) is 2. The summed E-state index contributed by atoms with van der Waals surface area (Å²) in [5.74, 6) is 0.468. The molecular formula is C19H23Cl2N3O4S. The van der Waals surface area contributed by atoms with Crippen LogP contribution in [-0.4, -0.2) is 36.9 Å². The first kappa shape index (κ1) is 22.1. The van der Waals surface area contributed by atoms with Crippen LogP contribution in [0.1, 0.15) is 37.9 Å². The van der Waals surface area contributed by atoms with Gasteiger partial charge in [0.2, 0.25) is 15.9 Å². The van der Waals surface area contributed by atoms with Crippen LogP contribution in [0.4, 0.5) is 5.82 Å². The second-order valence-corrected chi connectivity index (χ2v) is 10.00. The van der Waals surface area contributed by atoms with Gasteiger partial charge in [-0.15, -0.1) is 0 Å². The van der Waals surface area contributed by atoms with Crippen molar-refractivity contribution in [3.8, 4) is 0 Å². The van der Waals surface area contributed by atoms with Crippen LogP contribution in [0, 0.1) is 12.8 Å². The van der Waals surface area contributed by atoms with E-state index in [2.05, 4.69) is 10.5 Å². The molecule has 0 bridgehead atoms. The van der Waals surface area contributed by atoms with E-state index in [1.54, 1.807) is 13.0 Å². The average Bonchev–Trinajstić information content (AvgIpc) is 3.08. The lowest BCUT2D eigenvalue weighted by Crippen LogP contribution is -2.41. The van der Waals surface area contributed by atoms with Gasteiger partial charge in [-0.1, -0.05) is 47.6 Å². The van der Waals surface area contributed by atoms with Crippen molar-refractivity contribution in [2.24, 2.45) is 5.92 Å². The summed E-state index contributed by atoms with van der Waals surface area (Å²) in [5.41, 5.74) is 0. The molecule has 1 aromatic heterocycles. The number of sulfonamides is 1. The monoisotopic (exact) mass is 459 g/mol. The van der Waals surface area contributed by atoms with Crippen LogP contribution >= 0.6 is 23.2 Å². The van der Waals surface area contributed by atoms with E-state index in [4.69, 9.17) is 27.7 Å². The highest BCUT2D eigenvalue weighted by atomic mass is 35.5. The van der Waals surface area contributed by atoms with E-state index in [0.29, 0.717) is 5.76 Å². The smallest absolute Gasteiger partial charge is 0.245 e. The molecule has 158 valence electrons. The van der Waals surface area contributed by atoms with Gasteiger partial charge in [-0.25, -0.2) is 8.42 Å². The number of aromatic nitrogens is 1. The van der Waals surface area contributed by atoms with Crippen LogP contribution in [0.25, 0.3) is 0 Å². The summed E-state index contributed by atoms with van der Waals surface area (Å²) in [4.78, 5) is 12.4. The number of anilines is 1. The highest BCUT2D eigenvalue weighted by molar-refractivity contribution is 7.89. The second kappa shape index (κ2) is 9.47. The predicted octanol–water partition coefficient (Wildman–Crippen LogP) is 4.50. The largest absolute Gasteiger partial charge is 0.360 e. The van der Waals surface area contributed by atoms with Gasteiger partial charge < -0.3 is 9.84 Å². The molecule has 1 heterocycles. The maximum Gasteiger partial charge on any atom is 0.245 e. The number of rotatable bonds is 7. The van der Waals surface area contributed by atoms with Crippen molar-refractivity contribution in [1.29, 1.82) is 0 Å². The van der Waals surface area contributed by atoms with Crippen molar-refractivity contribution in [3.63, 3.8) is 0 Å². The number of amides is 1. The molecular weight excluding hydrogens is 437 g/mol. The summed E-state index contributed by atoms with van der Waals surface area (Å²) in [6, 6.07) is 5.83. The zero-order valence-electron chi connectivity index (χ0n) is 16.0. The number of aryl methyl sites for hydroxylation is 1. The van der Waals surface area contributed by atoms with Crippen LogP contribution in [0.15, 0.2) is 33.7 Å². The molecule has 0 spiro atoms.